The van der Waals surface area contributed by atoms with Crippen molar-refractivity contribution in [3.8, 4) is 0 Å². The Bertz CT molecular complexity index is 837. The van der Waals surface area contributed by atoms with Crippen molar-refractivity contribution in [2.75, 3.05) is 25.5 Å². The Balaban J connectivity index is 1.82. The largest absolute Gasteiger partial charge is 0.360 e. The van der Waals surface area contributed by atoms with E-state index in [1.807, 2.05) is 0 Å². The normalized spacial score (nSPS) is 10.3. The van der Waals surface area contributed by atoms with Gasteiger partial charge in [0.25, 0.3) is 5.91 Å². The van der Waals surface area contributed by atoms with E-state index < -0.39 is 17.7 Å². The number of nitrogens with one attached hydrogen (secondary N) is 2. The van der Waals surface area contributed by atoms with E-state index in [-0.39, 0.29) is 29.5 Å². The smallest absolute Gasteiger partial charge is 0.253 e. The van der Waals surface area contributed by atoms with Gasteiger partial charge in [-0.3, -0.25) is 14.4 Å². The van der Waals surface area contributed by atoms with E-state index in [0.29, 0.717) is 10.8 Å². The highest BCUT2D eigenvalue weighted by Gasteiger charge is 2.16. The summed E-state index contributed by atoms with van der Waals surface area (Å²) in [5.74, 6) is -0.598. The van der Waals surface area contributed by atoms with Gasteiger partial charge in [0.05, 0.1) is 23.7 Å². The molecule has 8 nitrogen and oxygen atoms in total. The highest BCUT2D eigenvalue weighted by molar-refractivity contribution is 6.36. The van der Waals surface area contributed by atoms with Gasteiger partial charge in [0, 0.05) is 18.1 Å². The highest BCUT2D eigenvalue weighted by atomic mass is 35.5. The first kappa shape index (κ1) is 19.7. The third-order valence-corrected chi connectivity index (χ3v) is 3.83. The van der Waals surface area contributed by atoms with Crippen LogP contribution in [-0.4, -0.2) is 47.9 Å². The number of benzene rings is 1. The zero-order chi connectivity index (χ0) is 19.3. The van der Waals surface area contributed by atoms with Gasteiger partial charge in [0.2, 0.25) is 11.8 Å². The minimum absolute atomic E-state index is 0.179. The van der Waals surface area contributed by atoms with E-state index in [4.69, 9.17) is 27.7 Å². The van der Waals surface area contributed by atoms with Crippen LogP contribution in [0.4, 0.5) is 5.82 Å². The molecule has 0 unspecified atom stereocenters. The van der Waals surface area contributed by atoms with Crippen LogP contribution in [0.15, 0.2) is 28.8 Å². The van der Waals surface area contributed by atoms with Crippen LogP contribution in [0.5, 0.6) is 0 Å². The third kappa shape index (κ3) is 5.47. The monoisotopic (exact) mass is 398 g/mol. The summed E-state index contributed by atoms with van der Waals surface area (Å²) in [5, 5.41) is 9.15. The molecule has 1 aromatic carbocycles. The van der Waals surface area contributed by atoms with Gasteiger partial charge in [-0.25, -0.2) is 0 Å². The van der Waals surface area contributed by atoms with Crippen LogP contribution in [0.2, 0.25) is 10.0 Å². The van der Waals surface area contributed by atoms with Crippen LogP contribution in [0.3, 0.4) is 0 Å². The quantitative estimate of drug-likeness (QED) is 0.775. The molecule has 0 bridgehead atoms. The number of carbonyl (C=O) groups is 3. The van der Waals surface area contributed by atoms with Crippen molar-refractivity contribution in [2.24, 2.45) is 0 Å². The topological polar surface area (TPSA) is 105 Å². The van der Waals surface area contributed by atoms with Gasteiger partial charge in [0.1, 0.15) is 5.76 Å². The Morgan fingerprint density at radius 1 is 1.23 bits per heavy atom. The molecule has 10 heteroatoms. The Kier molecular flexibility index (Phi) is 6.59. The zero-order valence-corrected chi connectivity index (χ0v) is 15.5. The van der Waals surface area contributed by atoms with Gasteiger partial charge in [-0.05, 0) is 25.1 Å². The number of aryl methyl sites for hydroxylation is 1. The Morgan fingerprint density at radius 2 is 1.96 bits per heavy atom. The lowest BCUT2D eigenvalue weighted by molar-refractivity contribution is -0.132. The molecule has 138 valence electrons. The number of aromatic nitrogens is 1. The second-order valence-electron chi connectivity index (χ2n) is 5.43. The summed E-state index contributed by atoms with van der Waals surface area (Å²) in [6, 6.07) is 5.96. The van der Waals surface area contributed by atoms with Crippen LogP contribution >= 0.6 is 23.2 Å². The molecule has 0 atom stereocenters. The molecule has 0 radical (unpaired) electrons. The fraction of sp³-hybridized carbons (Fsp3) is 0.250. The van der Waals surface area contributed by atoms with Crippen molar-refractivity contribution in [2.45, 2.75) is 6.92 Å². The summed E-state index contributed by atoms with van der Waals surface area (Å²) in [6.45, 7) is 1.20. The molecule has 0 saturated carbocycles. The minimum atomic E-state index is -0.518. The molecule has 0 aliphatic heterocycles. The number of rotatable bonds is 6. The van der Waals surface area contributed by atoms with Crippen molar-refractivity contribution in [1.82, 2.24) is 15.4 Å². The molecular weight excluding hydrogens is 383 g/mol. The second kappa shape index (κ2) is 8.68. The van der Waals surface area contributed by atoms with Crippen LogP contribution < -0.4 is 10.6 Å². The van der Waals surface area contributed by atoms with Gasteiger partial charge in [-0.15, -0.1) is 0 Å². The molecule has 0 fully saturated rings. The molecule has 0 aliphatic rings. The average molecular weight is 399 g/mol. The number of hydrogen-bond donors (Lipinski definition) is 2. The maximum absolute atomic E-state index is 12.1. The first-order chi connectivity index (χ1) is 12.3. The molecule has 0 spiro atoms. The third-order valence-electron chi connectivity index (χ3n) is 3.28. The lowest BCUT2D eigenvalue weighted by atomic mass is 10.2. The summed E-state index contributed by atoms with van der Waals surface area (Å²) < 4.78 is 4.83. The van der Waals surface area contributed by atoms with E-state index in [2.05, 4.69) is 15.8 Å². The van der Waals surface area contributed by atoms with Crippen molar-refractivity contribution in [1.29, 1.82) is 0 Å². The van der Waals surface area contributed by atoms with Gasteiger partial charge in [-0.1, -0.05) is 28.4 Å². The highest BCUT2D eigenvalue weighted by Crippen LogP contribution is 2.20. The zero-order valence-electron chi connectivity index (χ0n) is 14.0. The van der Waals surface area contributed by atoms with Crippen molar-refractivity contribution < 1.29 is 18.9 Å². The summed E-state index contributed by atoms with van der Waals surface area (Å²) >= 11 is 11.7. The molecule has 1 heterocycles. The number of amides is 3. The summed E-state index contributed by atoms with van der Waals surface area (Å²) in [7, 11) is 1.44. The van der Waals surface area contributed by atoms with Gasteiger partial charge in [-0.2, -0.15) is 0 Å². The Hall–Kier alpha value is -2.58. The second-order valence-corrected chi connectivity index (χ2v) is 6.27. The maximum atomic E-state index is 12.1. The molecule has 2 rings (SSSR count). The molecule has 2 aromatic rings. The fourth-order valence-electron chi connectivity index (χ4n) is 1.97. The van der Waals surface area contributed by atoms with Crippen LogP contribution in [-0.2, 0) is 9.59 Å². The minimum Gasteiger partial charge on any atom is -0.360 e. The first-order valence-corrected chi connectivity index (χ1v) is 8.22. The molecule has 0 saturated heterocycles. The van der Waals surface area contributed by atoms with Crippen molar-refractivity contribution in [3.63, 3.8) is 0 Å². The van der Waals surface area contributed by atoms with E-state index in [1.54, 1.807) is 13.0 Å². The summed E-state index contributed by atoms with van der Waals surface area (Å²) in [5.41, 5.74) is 0.200. The van der Waals surface area contributed by atoms with Gasteiger partial charge < -0.3 is 20.1 Å². The molecule has 3 amide bonds. The number of likely N-dealkylation sites (N-methyl/N-ethyl adjacent to an activating group) is 1. The van der Waals surface area contributed by atoms with E-state index >= 15 is 0 Å². The van der Waals surface area contributed by atoms with Crippen LogP contribution in [0, 0.1) is 6.92 Å². The predicted octanol–water partition coefficient (Wildman–Crippen LogP) is 2.12. The van der Waals surface area contributed by atoms with E-state index in [0.717, 1.165) is 0 Å². The number of halogens is 2. The lowest BCUT2D eigenvalue weighted by Crippen LogP contribution is -2.41. The van der Waals surface area contributed by atoms with Crippen LogP contribution in [0.25, 0.3) is 0 Å². The number of nitrogens with zero attached hydrogens (tertiary/aromatic N) is 2. The predicted molar refractivity (Wildman–Crippen MR) is 96.3 cm³/mol. The molecular formula is C16H16Cl2N4O4. The van der Waals surface area contributed by atoms with E-state index in [9.17, 15) is 14.4 Å². The Labute approximate surface area is 159 Å². The number of anilines is 1. The van der Waals surface area contributed by atoms with E-state index in [1.165, 1.54) is 30.1 Å². The van der Waals surface area contributed by atoms with Crippen molar-refractivity contribution in [3.05, 3.63) is 45.6 Å². The van der Waals surface area contributed by atoms with Gasteiger partial charge in [0.15, 0.2) is 5.82 Å². The van der Waals surface area contributed by atoms with Crippen LogP contribution in [0.1, 0.15) is 16.1 Å². The summed E-state index contributed by atoms with van der Waals surface area (Å²) in [4.78, 5) is 37.2. The maximum Gasteiger partial charge on any atom is 0.253 e. The molecule has 2 N–H and O–H groups in total. The lowest BCUT2D eigenvalue weighted by Gasteiger charge is -2.16. The molecule has 0 aliphatic carbocycles. The molecule has 26 heavy (non-hydrogen) atoms. The molecule has 1 aromatic heterocycles. The average Bonchev–Trinajstić information content (AvgIpc) is 2.96. The first-order valence-electron chi connectivity index (χ1n) is 7.46. The SMILES string of the molecule is Cc1cc(NC(=O)CN(C)C(=O)CNC(=O)c2ccc(Cl)cc2Cl)no1. The number of hydrogen-bond acceptors (Lipinski definition) is 5. The fourth-order valence-corrected chi connectivity index (χ4v) is 2.47. The van der Waals surface area contributed by atoms with Crippen molar-refractivity contribution >= 4 is 46.7 Å². The summed E-state index contributed by atoms with van der Waals surface area (Å²) in [6.07, 6.45) is 0. The Morgan fingerprint density at radius 3 is 2.58 bits per heavy atom. The van der Waals surface area contributed by atoms with Gasteiger partial charge >= 0.3 is 0 Å². The number of carbonyl (C=O) groups excluding carboxylic acids is 3. The standard InChI is InChI=1S/C16H16Cl2N4O4/c1-9-5-13(21-26-9)20-14(23)8-22(2)15(24)7-19-16(25)11-4-3-10(17)6-12(11)18/h3-6H,7-8H2,1-2H3,(H,19,25)(H,20,21,23).